The number of methoxy groups -OCH3 is 1. The zero-order valence-electron chi connectivity index (χ0n) is 10.7. The third-order valence-corrected chi connectivity index (χ3v) is 2.49. The van der Waals surface area contributed by atoms with Gasteiger partial charge in [-0.15, -0.1) is 0 Å². The smallest absolute Gasteiger partial charge is 0.341 e. The normalized spacial score (nSPS) is 10.0. The second-order valence-corrected chi connectivity index (χ2v) is 3.97. The molecule has 3 N–H and O–H groups in total. The maximum atomic E-state index is 11.7. The van der Waals surface area contributed by atoms with Crippen LogP contribution in [0.1, 0.15) is 16.1 Å². The van der Waals surface area contributed by atoms with E-state index in [1.54, 1.807) is 6.20 Å². The van der Waals surface area contributed by atoms with Crippen LogP contribution in [-0.2, 0) is 4.74 Å². The number of ether oxygens (including phenoxy) is 1. The highest BCUT2D eigenvalue weighted by molar-refractivity contribution is 5.96. The Morgan fingerprint density at radius 3 is 2.74 bits per heavy atom. The van der Waals surface area contributed by atoms with Gasteiger partial charge in [0.05, 0.1) is 30.9 Å². The van der Waals surface area contributed by atoms with Crippen molar-refractivity contribution in [1.29, 1.82) is 0 Å². The quantitative estimate of drug-likeness (QED) is 0.817. The molecule has 98 valence electrons. The molecule has 2 heterocycles. The number of rotatable bonds is 3. The summed E-state index contributed by atoms with van der Waals surface area (Å²) in [6.07, 6.45) is 3.13. The molecular weight excluding hydrogens is 244 g/mol. The Kier molecular flexibility index (Phi) is 3.61. The molecule has 0 saturated carbocycles. The molecule has 19 heavy (non-hydrogen) atoms. The number of nitrogens with two attached hydrogens (primary N) is 1. The fourth-order valence-electron chi connectivity index (χ4n) is 1.52. The lowest BCUT2D eigenvalue weighted by Crippen LogP contribution is -2.08. The molecular formula is C13H14N4O2. The van der Waals surface area contributed by atoms with E-state index in [1.165, 1.54) is 19.4 Å². The molecule has 6 nitrogen and oxygen atoms in total. The fraction of sp³-hybridized carbons (Fsp3) is 0.154. The van der Waals surface area contributed by atoms with Crippen LogP contribution in [0.2, 0.25) is 0 Å². The summed E-state index contributed by atoms with van der Waals surface area (Å²) < 4.78 is 4.70. The van der Waals surface area contributed by atoms with E-state index in [0.29, 0.717) is 11.5 Å². The number of nitrogen functional groups attached to an aromatic ring is 1. The summed E-state index contributed by atoms with van der Waals surface area (Å²) in [5.74, 6) is -0.117. The molecule has 0 amide bonds. The molecule has 0 bridgehead atoms. The molecule has 0 unspecified atom stereocenters. The molecule has 0 aliphatic heterocycles. The van der Waals surface area contributed by atoms with Crippen LogP contribution in [-0.4, -0.2) is 23.0 Å². The summed E-state index contributed by atoms with van der Waals surface area (Å²) in [6, 6.07) is 5.22. The van der Waals surface area contributed by atoms with Crippen LogP contribution in [0, 0.1) is 6.92 Å². The number of aromatic nitrogens is 2. The average Bonchev–Trinajstić information content (AvgIpc) is 2.42. The van der Waals surface area contributed by atoms with Gasteiger partial charge in [0.15, 0.2) is 0 Å². The average molecular weight is 258 g/mol. The largest absolute Gasteiger partial charge is 0.465 e. The molecule has 0 aliphatic rings. The van der Waals surface area contributed by atoms with Crippen molar-refractivity contribution in [2.45, 2.75) is 6.92 Å². The Bertz CT molecular complexity index is 596. The second-order valence-electron chi connectivity index (χ2n) is 3.97. The van der Waals surface area contributed by atoms with E-state index in [-0.39, 0.29) is 5.56 Å². The van der Waals surface area contributed by atoms with E-state index < -0.39 is 5.97 Å². The number of nitrogens with one attached hydrogen (secondary N) is 1. The number of hydrogen-bond acceptors (Lipinski definition) is 6. The summed E-state index contributed by atoms with van der Waals surface area (Å²) >= 11 is 0. The predicted octanol–water partition coefficient (Wildman–Crippen LogP) is 1.90. The van der Waals surface area contributed by atoms with E-state index in [9.17, 15) is 4.79 Å². The van der Waals surface area contributed by atoms with Gasteiger partial charge in [0.2, 0.25) is 0 Å². The van der Waals surface area contributed by atoms with Gasteiger partial charge < -0.3 is 15.8 Å². The SMILES string of the molecule is COC(=O)c1cc(N)cnc1Nc1ccc(C)nc1. The van der Waals surface area contributed by atoms with Crippen LogP contribution in [0.5, 0.6) is 0 Å². The first-order valence-corrected chi connectivity index (χ1v) is 5.63. The minimum absolute atomic E-state index is 0.281. The second kappa shape index (κ2) is 5.34. The Morgan fingerprint density at radius 2 is 2.11 bits per heavy atom. The number of carbonyl (C=O) groups excluding carboxylic acids is 1. The third kappa shape index (κ3) is 2.98. The molecule has 2 rings (SSSR count). The molecule has 6 heteroatoms. The maximum Gasteiger partial charge on any atom is 0.341 e. The molecule has 2 aromatic rings. The molecule has 0 aliphatic carbocycles. The monoisotopic (exact) mass is 258 g/mol. The van der Waals surface area contributed by atoms with Gasteiger partial charge >= 0.3 is 5.97 Å². The Balaban J connectivity index is 2.34. The zero-order chi connectivity index (χ0) is 13.8. The highest BCUT2D eigenvalue weighted by atomic mass is 16.5. The molecule has 0 spiro atoms. The van der Waals surface area contributed by atoms with Crippen molar-refractivity contribution < 1.29 is 9.53 Å². The summed E-state index contributed by atoms with van der Waals surface area (Å²) in [5, 5.41) is 3.01. The van der Waals surface area contributed by atoms with Crippen LogP contribution >= 0.6 is 0 Å². The molecule has 2 aromatic heterocycles. The van der Waals surface area contributed by atoms with Gasteiger partial charge in [-0.25, -0.2) is 9.78 Å². The van der Waals surface area contributed by atoms with Crippen molar-refractivity contribution in [3.05, 3.63) is 41.9 Å². The van der Waals surface area contributed by atoms with Crippen LogP contribution in [0.4, 0.5) is 17.2 Å². The van der Waals surface area contributed by atoms with Gasteiger partial charge in [0.25, 0.3) is 0 Å². The highest BCUT2D eigenvalue weighted by Gasteiger charge is 2.14. The molecule has 0 saturated heterocycles. The van der Waals surface area contributed by atoms with Crippen molar-refractivity contribution >= 4 is 23.2 Å². The minimum Gasteiger partial charge on any atom is -0.465 e. The number of aryl methyl sites for hydroxylation is 1. The first-order valence-electron chi connectivity index (χ1n) is 5.63. The van der Waals surface area contributed by atoms with E-state index in [0.717, 1.165) is 11.4 Å². The lowest BCUT2D eigenvalue weighted by atomic mass is 10.2. The topological polar surface area (TPSA) is 90.1 Å². The van der Waals surface area contributed by atoms with Crippen molar-refractivity contribution in [1.82, 2.24) is 9.97 Å². The lowest BCUT2D eigenvalue weighted by molar-refractivity contribution is 0.0601. The number of nitrogens with zero attached hydrogens (tertiary/aromatic N) is 2. The molecule has 0 aromatic carbocycles. The van der Waals surface area contributed by atoms with E-state index in [2.05, 4.69) is 15.3 Å². The third-order valence-electron chi connectivity index (χ3n) is 2.49. The van der Waals surface area contributed by atoms with Crippen molar-refractivity contribution in [2.75, 3.05) is 18.2 Å². The fourth-order valence-corrected chi connectivity index (χ4v) is 1.52. The van der Waals surface area contributed by atoms with Crippen LogP contribution in [0.15, 0.2) is 30.6 Å². The van der Waals surface area contributed by atoms with Crippen LogP contribution in [0.3, 0.4) is 0 Å². The predicted molar refractivity (Wildman–Crippen MR) is 72.2 cm³/mol. The Morgan fingerprint density at radius 1 is 1.32 bits per heavy atom. The standard InChI is InChI=1S/C13H14N4O2/c1-8-3-4-10(7-15-8)17-12-11(13(18)19-2)5-9(14)6-16-12/h3-7H,14H2,1-2H3,(H,16,17). The number of hydrogen-bond donors (Lipinski definition) is 2. The van der Waals surface area contributed by atoms with Gasteiger partial charge in [-0.2, -0.15) is 0 Å². The Labute approximate surface area is 110 Å². The van der Waals surface area contributed by atoms with Crippen molar-refractivity contribution in [3.63, 3.8) is 0 Å². The summed E-state index contributed by atoms with van der Waals surface area (Å²) in [7, 11) is 1.31. The summed E-state index contributed by atoms with van der Waals surface area (Å²) in [6.45, 7) is 1.89. The maximum absolute atomic E-state index is 11.7. The van der Waals surface area contributed by atoms with E-state index >= 15 is 0 Å². The van der Waals surface area contributed by atoms with Gasteiger partial charge in [-0.1, -0.05) is 0 Å². The van der Waals surface area contributed by atoms with Crippen LogP contribution < -0.4 is 11.1 Å². The number of pyridine rings is 2. The molecule has 0 radical (unpaired) electrons. The van der Waals surface area contributed by atoms with Crippen molar-refractivity contribution in [2.24, 2.45) is 0 Å². The summed E-state index contributed by atoms with van der Waals surface area (Å²) in [4.78, 5) is 19.9. The van der Waals surface area contributed by atoms with Gasteiger partial charge in [-0.3, -0.25) is 4.98 Å². The van der Waals surface area contributed by atoms with Gasteiger partial charge in [0.1, 0.15) is 11.4 Å². The molecule has 0 atom stereocenters. The van der Waals surface area contributed by atoms with E-state index in [1.807, 2.05) is 19.1 Å². The van der Waals surface area contributed by atoms with Gasteiger partial charge in [-0.05, 0) is 25.1 Å². The van der Waals surface area contributed by atoms with Crippen molar-refractivity contribution in [3.8, 4) is 0 Å². The lowest BCUT2D eigenvalue weighted by Gasteiger charge is -2.10. The van der Waals surface area contributed by atoms with Crippen LogP contribution in [0.25, 0.3) is 0 Å². The highest BCUT2D eigenvalue weighted by Crippen LogP contribution is 2.20. The first-order chi connectivity index (χ1) is 9.10. The van der Waals surface area contributed by atoms with E-state index in [4.69, 9.17) is 10.5 Å². The number of esters is 1. The number of carbonyl (C=O) groups is 1. The zero-order valence-corrected chi connectivity index (χ0v) is 10.7. The molecule has 0 fully saturated rings. The minimum atomic E-state index is -0.498. The first kappa shape index (κ1) is 12.8. The number of anilines is 3. The Hall–Kier alpha value is -2.63. The van der Waals surface area contributed by atoms with Gasteiger partial charge in [0, 0.05) is 5.69 Å². The summed E-state index contributed by atoms with van der Waals surface area (Å²) in [5.41, 5.74) is 7.94.